The summed E-state index contributed by atoms with van der Waals surface area (Å²) < 4.78 is 30.8. The van der Waals surface area contributed by atoms with Gasteiger partial charge in [-0.2, -0.15) is 0 Å². The molecule has 2 N–H and O–H groups in total. The summed E-state index contributed by atoms with van der Waals surface area (Å²) in [6.07, 6.45) is 84.5. The van der Waals surface area contributed by atoms with Gasteiger partial charge in [-0.15, -0.1) is 0 Å². The van der Waals surface area contributed by atoms with Gasteiger partial charge < -0.3 is 19.4 Å². The molecule has 0 saturated carbocycles. The van der Waals surface area contributed by atoms with Crippen LogP contribution in [-0.4, -0.2) is 74.3 Å². The second kappa shape index (κ2) is 63.2. The first-order valence-electron chi connectivity index (χ1n) is 35.4. The van der Waals surface area contributed by atoms with Gasteiger partial charge in [0.2, 0.25) is 5.91 Å². The maximum absolute atomic E-state index is 13.6. The number of nitrogens with zero attached hydrogens (tertiary/aromatic N) is 1. The zero-order valence-electron chi connectivity index (χ0n) is 55.9. The fourth-order valence-corrected chi connectivity index (χ4v) is 10.9. The molecule has 0 spiro atoms. The van der Waals surface area contributed by atoms with Crippen LogP contribution < -0.4 is 5.32 Å². The number of unbranched alkanes of at least 4 members (excludes halogenated alkanes) is 36. The minimum absolute atomic E-state index is 0.0355. The molecule has 0 aliphatic carbocycles. The molecule has 84 heavy (non-hydrogen) atoms. The number of likely N-dealkylation sites (N-methyl/N-ethyl adjacent to an activating group) is 1. The SMILES string of the molecule is CC/C=C\C/C=C\C/C=C\C/C=C\C/C=C\CCCCCCCCCC(=O)NC(COP(=O)(O)OCC[N+](C)(C)C)C(/C=C/CCCCCCCCCCCC)OC(=O)CCCCCCCCCCCCCCC/C=C/CCCCCCCC. The minimum Gasteiger partial charge on any atom is -0.456 e. The Morgan fingerprint density at radius 1 is 0.429 bits per heavy atom. The maximum atomic E-state index is 13.6. The Labute approximate surface area is 520 Å². The summed E-state index contributed by atoms with van der Waals surface area (Å²) in [5.74, 6) is -0.511. The number of carbonyl (C=O) groups excluding carboxylic acids is 2. The molecule has 0 radical (unpaired) electrons. The number of phosphoric ester groups is 1. The second-order valence-corrected chi connectivity index (χ2v) is 26.5. The topological polar surface area (TPSA) is 111 Å². The zero-order valence-corrected chi connectivity index (χ0v) is 56.8. The molecule has 0 aliphatic rings. The lowest BCUT2D eigenvalue weighted by atomic mass is 10.0. The van der Waals surface area contributed by atoms with Gasteiger partial charge in [-0.25, -0.2) is 4.57 Å². The Balaban J connectivity index is 5.10. The predicted molar refractivity (Wildman–Crippen MR) is 364 cm³/mol. The van der Waals surface area contributed by atoms with Gasteiger partial charge in [0.25, 0.3) is 0 Å². The average Bonchev–Trinajstić information content (AvgIpc) is 3.64. The van der Waals surface area contributed by atoms with Crippen molar-refractivity contribution >= 4 is 19.7 Å². The van der Waals surface area contributed by atoms with E-state index in [0.29, 0.717) is 17.4 Å². The molecule has 0 aliphatic heterocycles. The number of amides is 1. The van der Waals surface area contributed by atoms with Gasteiger partial charge in [0, 0.05) is 12.8 Å². The van der Waals surface area contributed by atoms with Crippen LogP contribution in [0.3, 0.4) is 0 Å². The molecule has 10 heteroatoms. The molecule has 0 aromatic carbocycles. The minimum atomic E-state index is -4.46. The number of esters is 1. The third-order valence-electron chi connectivity index (χ3n) is 15.6. The highest BCUT2D eigenvalue weighted by Crippen LogP contribution is 2.43. The van der Waals surface area contributed by atoms with Crippen LogP contribution in [0.5, 0.6) is 0 Å². The molecule has 3 atom stereocenters. The first kappa shape index (κ1) is 81.2. The lowest BCUT2D eigenvalue weighted by Crippen LogP contribution is -2.47. The molecule has 1 amide bonds. The fraction of sp³-hybridized carbons (Fsp3) is 0.784. The van der Waals surface area contributed by atoms with Crippen molar-refractivity contribution in [2.24, 2.45) is 0 Å². The van der Waals surface area contributed by atoms with Crippen LogP contribution >= 0.6 is 7.82 Å². The van der Waals surface area contributed by atoms with Crippen LogP contribution in [0, 0.1) is 0 Å². The zero-order chi connectivity index (χ0) is 61.4. The van der Waals surface area contributed by atoms with E-state index in [-0.39, 0.29) is 31.5 Å². The summed E-state index contributed by atoms with van der Waals surface area (Å²) in [7, 11) is 1.49. The Hall–Kier alpha value is -2.81. The number of rotatable bonds is 64. The molecule has 488 valence electrons. The van der Waals surface area contributed by atoms with E-state index < -0.39 is 20.0 Å². The Morgan fingerprint density at radius 2 is 0.762 bits per heavy atom. The molecular weight excluding hydrogens is 1060 g/mol. The maximum Gasteiger partial charge on any atom is 0.472 e. The first-order chi connectivity index (χ1) is 40.9. The second-order valence-electron chi connectivity index (χ2n) is 25.0. The highest BCUT2D eigenvalue weighted by molar-refractivity contribution is 7.47. The summed E-state index contributed by atoms with van der Waals surface area (Å²) in [4.78, 5) is 37.9. The predicted octanol–water partition coefficient (Wildman–Crippen LogP) is 22.5. The van der Waals surface area contributed by atoms with Crippen LogP contribution in [-0.2, 0) is 27.9 Å². The van der Waals surface area contributed by atoms with Crippen LogP contribution in [0.1, 0.15) is 323 Å². The molecule has 0 heterocycles. The number of allylic oxidation sites excluding steroid dienone is 13. The van der Waals surface area contributed by atoms with Crippen LogP contribution in [0.4, 0.5) is 0 Å². The standard InChI is InChI=1S/C74H135N2O7P/c1-7-10-13-16-19-22-25-28-30-32-34-36-38-40-42-44-46-48-51-54-57-60-63-66-73(77)75-71(70-82-84(79,80)81-69-68-76(4,5)6)72(65-62-59-56-53-50-27-24-21-18-15-12-9-3)83-74(78)67-64-61-58-55-52-49-47-45-43-41-39-37-35-33-31-29-26-23-20-17-14-11-8-2/h10,13,19,22,28-31,34,36,40,42,62,65,71-72H,7-9,11-12,14-18,20-21,23-27,32-33,35,37-39,41,43-61,63-64,66-70H2,1-6H3,(H-,75,77,79,80)/p+1/b13-10-,22-19-,30-28-,31-29+,36-34-,42-40-,65-62+. The van der Waals surface area contributed by atoms with Crippen molar-refractivity contribution < 1.29 is 37.3 Å². The molecule has 0 rings (SSSR count). The van der Waals surface area contributed by atoms with Gasteiger partial charge >= 0.3 is 13.8 Å². The highest BCUT2D eigenvalue weighted by Gasteiger charge is 2.30. The summed E-state index contributed by atoms with van der Waals surface area (Å²) >= 11 is 0. The van der Waals surface area contributed by atoms with E-state index >= 15 is 0 Å². The molecule has 0 aromatic heterocycles. The lowest BCUT2D eigenvalue weighted by molar-refractivity contribution is -0.870. The molecular formula is C74H136N2O7P+. The average molecular weight is 1200 g/mol. The largest absolute Gasteiger partial charge is 0.472 e. The lowest BCUT2D eigenvalue weighted by Gasteiger charge is -2.27. The van der Waals surface area contributed by atoms with E-state index in [9.17, 15) is 19.0 Å². The van der Waals surface area contributed by atoms with Crippen molar-refractivity contribution in [1.29, 1.82) is 0 Å². The van der Waals surface area contributed by atoms with Gasteiger partial charge in [-0.1, -0.05) is 292 Å². The Morgan fingerprint density at radius 3 is 1.15 bits per heavy atom. The molecule has 0 bridgehead atoms. The van der Waals surface area contributed by atoms with Gasteiger partial charge in [-0.05, 0) is 102 Å². The molecule has 3 unspecified atom stereocenters. The van der Waals surface area contributed by atoms with Gasteiger partial charge in [0.05, 0.1) is 33.8 Å². The Bertz CT molecular complexity index is 1710. The van der Waals surface area contributed by atoms with Crippen molar-refractivity contribution in [1.82, 2.24) is 5.32 Å². The third-order valence-corrected chi connectivity index (χ3v) is 16.6. The summed E-state index contributed by atoms with van der Waals surface area (Å²) in [6, 6.07) is -0.859. The van der Waals surface area contributed by atoms with Crippen molar-refractivity contribution in [3.63, 3.8) is 0 Å². The van der Waals surface area contributed by atoms with E-state index in [2.05, 4.69) is 99.0 Å². The van der Waals surface area contributed by atoms with E-state index in [4.69, 9.17) is 13.8 Å². The van der Waals surface area contributed by atoms with E-state index in [1.165, 1.54) is 186 Å². The Kier molecular flexibility index (Phi) is 61.1. The van der Waals surface area contributed by atoms with Gasteiger partial charge in [0.15, 0.2) is 0 Å². The van der Waals surface area contributed by atoms with Crippen molar-refractivity contribution in [2.45, 2.75) is 335 Å². The van der Waals surface area contributed by atoms with E-state index in [0.717, 1.165) is 103 Å². The molecule has 0 fully saturated rings. The van der Waals surface area contributed by atoms with Crippen molar-refractivity contribution in [2.75, 3.05) is 40.9 Å². The first-order valence-corrected chi connectivity index (χ1v) is 36.9. The number of nitrogens with one attached hydrogen (secondary N) is 1. The van der Waals surface area contributed by atoms with E-state index in [1.54, 1.807) is 0 Å². The quantitative estimate of drug-likeness (QED) is 0.0205. The molecule has 9 nitrogen and oxygen atoms in total. The third kappa shape index (κ3) is 63.7. The van der Waals surface area contributed by atoms with Crippen molar-refractivity contribution in [3.8, 4) is 0 Å². The van der Waals surface area contributed by atoms with Crippen molar-refractivity contribution in [3.05, 3.63) is 85.1 Å². The highest BCUT2D eigenvalue weighted by atomic mass is 31.2. The van der Waals surface area contributed by atoms with E-state index in [1.807, 2.05) is 33.3 Å². The monoisotopic (exact) mass is 1200 g/mol. The number of carbonyl (C=O) groups is 2. The summed E-state index contributed by atoms with van der Waals surface area (Å²) in [5, 5.41) is 3.07. The van der Waals surface area contributed by atoms with Crippen LogP contribution in [0.2, 0.25) is 0 Å². The fourth-order valence-electron chi connectivity index (χ4n) is 10.1. The summed E-state index contributed by atoms with van der Waals surface area (Å²) in [5.41, 5.74) is 0. The normalized spacial score (nSPS) is 14.0. The smallest absolute Gasteiger partial charge is 0.456 e. The molecule has 0 saturated heterocycles. The summed E-state index contributed by atoms with van der Waals surface area (Å²) in [6.45, 7) is 6.91. The number of hydrogen-bond donors (Lipinski definition) is 2. The van der Waals surface area contributed by atoms with Gasteiger partial charge in [-0.3, -0.25) is 18.6 Å². The molecule has 0 aromatic rings. The number of hydrogen-bond acceptors (Lipinski definition) is 6. The number of ether oxygens (including phenoxy) is 1. The number of quaternary nitrogens is 1. The van der Waals surface area contributed by atoms with Crippen LogP contribution in [0.15, 0.2) is 85.1 Å². The van der Waals surface area contributed by atoms with Gasteiger partial charge in [0.1, 0.15) is 19.3 Å². The number of phosphoric acid groups is 1. The van der Waals surface area contributed by atoms with Crippen LogP contribution in [0.25, 0.3) is 0 Å².